The SMILES string of the molecule is CCCNC(C)CCCCN(C)CC1CC2CCC1C2. The summed E-state index contributed by atoms with van der Waals surface area (Å²) < 4.78 is 0. The van der Waals surface area contributed by atoms with Crippen LogP contribution in [0.2, 0.25) is 0 Å². The molecule has 0 aromatic carbocycles. The van der Waals surface area contributed by atoms with Crippen molar-refractivity contribution in [2.24, 2.45) is 17.8 Å². The second kappa shape index (κ2) is 8.38. The van der Waals surface area contributed by atoms with Crippen LogP contribution in [0.25, 0.3) is 0 Å². The zero-order chi connectivity index (χ0) is 14.4. The van der Waals surface area contributed by atoms with Crippen molar-refractivity contribution in [1.82, 2.24) is 10.2 Å². The summed E-state index contributed by atoms with van der Waals surface area (Å²) in [4.78, 5) is 2.61. The van der Waals surface area contributed by atoms with E-state index in [1.165, 1.54) is 64.6 Å². The molecule has 0 spiro atoms. The Morgan fingerprint density at radius 1 is 1.20 bits per heavy atom. The first-order valence-electron chi connectivity index (χ1n) is 9.11. The highest BCUT2D eigenvalue weighted by atomic mass is 15.1. The highest BCUT2D eigenvalue weighted by Crippen LogP contribution is 2.48. The van der Waals surface area contributed by atoms with Gasteiger partial charge < -0.3 is 10.2 Å². The third kappa shape index (κ3) is 5.04. The Morgan fingerprint density at radius 3 is 2.70 bits per heavy atom. The first kappa shape index (κ1) is 16.3. The predicted molar refractivity (Wildman–Crippen MR) is 88.0 cm³/mol. The molecule has 0 aromatic heterocycles. The lowest BCUT2D eigenvalue weighted by Gasteiger charge is -2.27. The van der Waals surface area contributed by atoms with Gasteiger partial charge in [0, 0.05) is 12.6 Å². The summed E-state index contributed by atoms with van der Waals surface area (Å²) in [5.74, 6) is 3.22. The summed E-state index contributed by atoms with van der Waals surface area (Å²) in [7, 11) is 2.34. The smallest absolute Gasteiger partial charge is 0.00387 e. The molecule has 4 atom stereocenters. The quantitative estimate of drug-likeness (QED) is 0.610. The summed E-state index contributed by atoms with van der Waals surface area (Å²) in [6.45, 7) is 8.41. The number of nitrogens with zero attached hydrogens (tertiary/aromatic N) is 1. The molecule has 2 aliphatic carbocycles. The molecule has 2 nitrogen and oxygen atoms in total. The van der Waals surface area contributed by atoms with E-state index in [0.717, 1.165) is 17.8 Å². The maximum atomic E-state index is 3.58. The van der Waals surface area contributed by atoms with E-state index in [1.807, 2.05) is 0 Å². The van der Waals surface area contributed by atoms with Gasteiger partial charge in [-0.3, -0.25) is 0 Å². The van der Waals surface area contributed by atoms with Crippen molar-refractivity contribution in [3.8, 4) is 0 Å². The van der Waals surface area contributed by atoms with Crippen molar-refractivity contribution < 1.29 is 0 Å². The number of hydrogen-bond donors (Lipinski definition) is 1. The van der Waals surface area contributed by atoms with E-state index >= 15 is 0 Å². The fourth-order valence-electron chi connectivity index (χ4n) is 4.42. The Morgan fingerprint density at radius 2 is 2.05 bits per heavy atom. The molecule has 2 aliphatic rings. The molecule has 2 saturated carbocycles. The first-order chi connectivity index (χ1) is 9.69. The predicted octanol–water partition coefficient (Wildman–Crippen LogP) is 3.91. The first-order valence-corrected chi connectivity index (χ1v) is 9.11. The molecule has 0 amide bonds. The van der Waals surface area contributed by atoms with Crippen LogP contribution in [0.15, 0.2) is 0 Å². The summed E-state index contributed by atoms with van der Waals surface area (Å²) in [5.41, 5.74) is 0. The zero-order valence-electron chi connectivity index (χ0n) is 14.0. The van der Waals surface area contributed by atoms with Crippen LogP contribution in [0.3, 0.4) is 0 Å². The molecule has 1 N–H and O–H groups in total. The summed E-state index contributed by atoms with van der Waals surface area (Å²) >= 11 is 0. The monoisotopic (exact) mass is 280 g/mol. The van der Waals surface area contributed by atoms with Gasteiger partial charge in [0.2, 0.25) is 0 Å². The molecule has 2 heteroatoms. The normalized spacial score (nSPS) is 30.3. The van der Waals surface area contributed by atoms with Crippen LogP contribution < -0.4 is 5.32 Å². The van der Waals surface area contributed by atoms with E-state index in [9.17, 15) is 0 Å². The van der Waals surface area contributed by atoms with Gasteiger partial charge in [0.1, 0.15) is 0 Å². The van der Waals surface area contributed by atoms with Crippen molar-refractivity contribution >= 4 is 0 Å². The van der Waals surface area contributed by atoms with Crippen LogP contribution in [0.1, 0.15) is 65.2 Å². The molecule has 0 aliphatic heterocycles. The van der Waals surface area contributed by atoms with Gasteiger partial charge in [-0.2, -0.15) is 0 Å². The Kier molecular flexibility index (Phi) is 6.83. The maximum Gasteiger partial charge on any atom is 0.00387 e. The summed E-state index contributed by atoms with van der Waals surface area (Å²) in [6, 6.07) is 0.700. The van der Waals surface area contributed by atoms with Crippen molar-refractivity contribution in [1.29, 1.82) is 0 Å². The number of nitrogens with one attached hydrogen (secondary N) is 1. The summed E-state index contributed by atoms with van der Waals surface area (Å²) in [6.07, 6.45) is 11.5. The lowest BCUT2D eigenvalue weighted by atomic mass is 9.88. The van der Waals surface area contributed by atoms with E-state index < -0.39 is 0 Å². The molecular formula is C18H36N2. The highest BCUT2D eigenvalue weighted by molar-refractivity contribution is 4.90. The molecule has 2 fully saturated rings. The molecule has 4 unspecified atom stereocenters. The molecule has 0 saturated heterocycles. The third-order valence-electron chi connectivity index (χ3n) is 5.60. The van der Waals surface area contributed by atoms with E-state index in [4.69, 9.17) is 0 Å². The number of unbranched alkanes of at least 4 members (excludes halogenated alkanes) is 1. The number of hydrogen-bond acceptors (Lipinski definition) is 2. The molecule has 2 bridgehead atoms. The van der Waals surface area contributed by atoms with Crippen molar-refractivity contribution in [2.45, 2.75) is 71.3 Å². The van der Waals surface area contributed by atoms with E-state index in [1.54, 1.807) is 6.42 Å². The molecule has 118 valence electrons. The van der Waals surface area contributed by atoms with Gasteiger partial charge in [0.15, 0.2) is 0 Å². The van der Waals surface area contributed by atoms with Gasteiger partial charge >= 0.3 is 0 Å². The van der Waals surface area contributed by atoms with E-state index in [-0.39, 0.29) is 0 Å². The van der Waals surface area contributed by atoms with Crippen molar-refractivity contribution in [2.75, 3.05) is 26.7 Å². The van der Waals surface area contributed by atoms with Gasteiger partial charge in [-0.1, -0.05) is 19.8 Å². The molecule has 0 heterocycles. The average Bonchev–Trinajstić information content (AvgIpc) is 3.03. The van der Waals surface area contributed by atoms with Gasteiger partial charge in [0.05, 0.1) is 0 Å². The number of fused-ring (bicyclic) bond motifs is 2. The van der Waals surface area contributed by atoms with Crippen molar-refractivity contribution in [3.05, 3.63) is 0 Å². The molecule has 2 rings (SSSR count). The van der Waals surface area contributed by atoms with E-state index in [0.29, 0.717) is 6.04 Å². The summed E-state index contributed by atoms with van der Waals surface area (Å²) in [5, 5.41) is 3.58. The zero-order valence-corrected chi connectivity index (χ0v) is 14.0. The largest absolute Gasteiger partial charge is 0.314 e. The van der Waals surface area contributed by atoms with Crippen LogP contribution in [0.5, 0.6) is 0 Å². The van der Waals surface area contributed by atoms with Gasteiger partial charge in [-0.25, -0.2) is 0 Å². The van der Waals surface area contributed by atoms with Gasteiger partial charge in [-0.15, -0.1) is 0 Å². The van der Waals surface area contributed by atoms with Crippen molar-refractivity contribution in [3.63, 3.8) is 0 Å². The van der Waals surface area contributed by atoms with Crippen LogP contribution in [-0.4, -0.2) is 37.6 Å². The fraction of sp³-hybridized carbons (Fsp3) is 1.00. The average molecular weight is 280 g/mol. The van der Waals surface area contributed by atoms with E-state index in [2.05, 4.69) is 31.1 Å². The Hall–Kier alpha value is -0.0800. The second-order valence-electron chi connectivity index (χ2n) is 7.55. The highest BCUT2D eigenvalue weighted by Gasteiger charge is 2.39. The second-order valence-corrected chi connectivity index (χ2v) is 7.55. The fourth-order valence-corrected chi connectivity index (χ4v) is 4.42. The Labute approximate surface area is 126 Å². The topological polar surface area (TPSA) is 15.3 Å². The van der Waals surface area contributed by atoms with Gasteiger partial charge in [0.25, 0.3) is 0 Å². The Balaban J connectivity index is 1.49. The third-order valence-corrected chi connectivity index (χ3v) is 5.60. The molecule has 0 radical (unpaired) electrons. The molecule has 0 aromatic rings. The maximum absolute atomic E-state index is 3.58. The van der Waals surface area contributed by atoms with Crippen LogP contribution in [0.4, 0.5) is 0 Å². The lowest BCUT2D eigenvalue weighted by molar-refractivity contribution is 0.216. The lowest BCUT2D eigenvalue weighted by Crippen LogP contribution is -2.30. The number of rotatable bonds is 10. The minimum atomic E-state index is 0.700. The van der Waals surface area contributed by atoms with Crippen LogP contribution >= 0.6 is 0 Å². The standard InChI is InChI=1S/C18H36N2/c1-4-10-19-15(2)7-5-6-11-20(3)14-18-13-16-8-9-17(18)12-16/h15-19H,4-14H2,1-3H3. The molecule has 20 heavy (non-hydrogen) atoms. The van der Waals surface area contributed by atoms with Crippen LogP contribution in [0, 0.1) is 17.8 Å². The molecular weight excluding hydrogens is 244 g/mol. The Bertz CT molecular complexity index is 266. The van der Waals surface area contributed by atoms with Gasteiger partial charge in [-0.05, 0) is 83.3 Å². The van der Waals surface area contributed by atoms with Crippen LogP contribution in [-0.2, 0) is 0 Å². The minimum Gasteiger partial charge on any atom is -0.314 e. The minimum absolute atomic E-state index is 0.700.